The largest absolute Gasteiger partial charge is 0.356 e. The second kappa shape index (κ2) is 7.24. The van der Waals surface area contributed by atoms with E-state index in [1.165, 1.54) is 0 Å². The molecule has 0 saturated carbocycles. The lowest BCUT2D eigenvalue weighted by atomic mass is 10.0. The van der Waals surface area contributed by atoms with Gasteiger partial charge in [0.25, 0.3) is 0 Å². The van der Waals surface area contributed by atoms with E-state index in [-0.39, 0.29) is 17.9 Å². The Bertz CT molecular complexity index is 415. The van der Waals surface area contributed by atoms with E-state index in [1.807, 2.05) is 31.3 Å². The van der Waals surface area contributed by atoms with Crippen LogP contribution < -0.4 is 16.0 Å². The van der Waals surface area contributed by atoms with Gasteiger partial charge in [-0.25, -0.2) is 4.98 Å². The zero-order valence-corrected chi connectivity index (χ0v) is 12.1. The Morgan fingerprint density at radius 2 is 2.25 bits per heavy atom. The number of nitrogens with one attached hydrogen (secondary N) is 1. The predicted molar refractivity (Wildman–Crippen MR) is 80.5 cm³/mol. The highest BCUT2D eigenvalue weighted by Crippen LogP contribution is 2.17. The first-order chi connectivity index (χ1) is 9.70. The Labute approximate surface area is 120 Å². The van der Waals surface area contributed by atoms with Crippen molar-refractivity contribution in [1.29, 1.82) is 0 Å². The van der Waals surface area contributed by atoms with Crippen molar-refractivity contribution in [2.45, 2.75) is 32.2 Å². The minimum atomic E-state index is 0.00817. The number of pyridine rings is 1. The van der Waals surface area contributed by atoms with Crippen LogP contribution in [0.5, 0.6) is 0 Å². The highest BCUT2D eigenvalue weighted by atomic mass is 16.1. The van der Waals surface area contributed by atoms with E-state index in [0.29, 0.717) is 6.54 Å². The maximum atomic E-state index is 12.0. The molecule has 1 aliphatic heterocycles. The van der Waals surface area contributed by atoms with Crippen molar-refractivity contribution in [2.24, 2.45) is 11.7 Å². The third-order valence-corrected chi connectivity index (χ3v) is 3.86. The molecule has 1 unspecified atom stereocenters. The summed E-state index contributed by atoms with van der Waals surface area (Å²) >= 11 is 0. The van der Waals surface area contributed by atoms with Crippen LogP contribution >= 0.6 is 0 Å². The van der Waals surface area contributed by atoms with Gasteiger partial charge >= 0.3 is 0 Å². The van der Waals surface area contributed by atoms with Crippen LogP contribution in [0.3, 0.4) is 0 Å². The fraction of sp³-hybridized carbons (Fsp3) is 0.600. The quantitative estimate of drug-likeness (QED) is 0.846. The zero-order chi connectivity index (χ0) is 14.4. The van der Waals surface area contributed by atoms with Crippen LogP contribution in [0.15, 0.2) is 24.4 Å². The van der Waals surface area contributed by atoms with Crippen LogP contribution in [0.25, 0.3) is 0 Å². The number of carbonyl (C=O) groups is 1. The van der Waals surface area contributed by atoms with Crippen LogP contribution in [0.2, 0.25) is 0 Å². The van der Waals surface area contributed by atoms with E-state index >= 15 is 0 Å². The molecule has 2 heterocycles. The molecule has 1 atom stereocenters. The van der Waals surface area contributed by atoms with Gasteiger partial charge in [-0.1, -0.05) is 13.0 Å². The minimum absolute atomic E-state index is 0.00817. The van der Waals surface area contributed by atoms with Crippen LogP contribution in [-0.2, 0) is 4.79 Å². The lowest BCUT2D eigenvalue weighted by Gasteiger charge is -2.33. The van der Waals surface area contributed by atoms with Crippen LogP contribution in [0.4, 0.5) is 5.82 Å². The zero-order valence-electron chi connectivity index (χ0n) is 12.1. The highest BCUT2D eigenvalue weighted by Gasteiger charge is 2.22. The summed E-state index contributed by atoms with van der Waals surface area (Å²) in [6.45, 7) is 4.37. The van der Waals surface area contributed by atoms with Gasteiger partial charge in [-0.2, -0.15) is 0 Å². The monoisotopic (exact) mass is 276 g/mol. The molecule has 1 aromatic rings. The summed E-state index contributed by atoms with van der Waals surface area (Å²) in [5.74, 6) is 1.16. The number of piperidine rings is 1. The van der Waals surface area contributed by atoms with Gasteiger partial charge in [0.15, 0.2) is 0 Å². The second-order valence-electron chi connectivity index (χ2n) is 5.44. The van der Waals surface area contributed by atoms with E-state index in [0.717, 1.165) is 38.2 Å². The number of nitrogens with zero attached hydrogens (tertiary/aromatic N) is 2. The number of aromatic nitrogens is 1. The number of amides is 1. The molecule has 2 rings (SSSR count). The molecule has 1 fully saturated rings. The van der Waals surface area contributed by atoms with Crippen LogP contribution in [0, 0.1) is 5.92 Å². The summed E-state index contributed by atoms with van der Waals surface area (Å²) in [4.78, 5) is 18.6. The Morgan fingerprint density at radius 3 is 2.85 bits per heavy atom. The molecular weight excluding hydrogens is 252 g/mol. The first kappa shape index (κ1) is 14.8. The standard InChI is InChI=1S/C15H24N4O/c1-12(5-8-16)15(20)18-13-6-10-19(11-7-13)14-4-2-3-9-17-14/h2-4,9,12-13H,5-8,10-11,16H2,1H3,(H,18,20). The topological polar surface area (TPSA) is 71.2 Å². The van der Waals surface area contributed by atoms with Gasteiger partial charge < -0.3 is 16.0 Å². The van der Waals surface area contributed by atoms with Gasteiger partial charge in [-0.05, 0) is 37.9 Å². The van der Waals surface area contributed by atoms with Crippen molar-refractivity contribution in [3.05, 3.63) is 24.4 Å². The molecule has 1 saturated heterocycles. The first-order valence-corrected chi connectivity index (χ1v) is 7.37. The average Bonchev–Trinajstić information content (AvgIpc) is 2.49. The average molecular weight is 276 g/mol. The van der Waals surface area contributed by atoms with Crippen molar-refractivity contribution in [3.63, 3.8) is 0 Å². The maximum absolute atomic E-state index is 12.0. The predicted octanol–water partition coefficient (Wildman–Crippen LogP) is 1.15. The van der Waals surface area contributed by atoms with E-state index in [1.54, 1.807) is 0 Å². The van der Waals surface area contributed by atoms with Crippen molar-refractivity contribution in [2.75, 3.05) is 24.5 Å². The summed E-state index contributed by atoms with van der Waals surface area (Å²) in [6.07, 6.45) is 4.51. The molecule has 110 valence electrons. The normalized spacial score (nSPS) is 17.8. The number of carbonyl (C=O) groups excluding carboxylic acids is 1. The molecule has 0 radical (unpaired) electrons. The molecule has 0 spiro atoms. The third kappa shape index (κ3) is 3.93. The molecule has 1 amide bonds. The number of hydrogen-bond acceptors (Lipinski definition) is 4. The molecule has 5 nitrogen and oxygen atoms in total. The molecule has 1 aromatic heterocycles. The Hall–Kier alpha value is -1.62. The lowest BCUT2D eigenvalue weighted by Crippen LogP contribution is -2.46. The van der Waals surface area contributed by atoms with Crippen molar-refractivity contribution in [1.82, 2.24) is 10.3 Å². The molecule has 0 bridgehead atoms. The molecule has 0 aliphatic carbocycles. The molecular formula is C15H24N4O. The molecule has 3 N–H and O–H groups in total. The Kier molecular flexibility index (Phi) is 5.35. The summed E-state index contributed by atoms with van der Waals surface area (Å²) in [5.41, 5.74) is 5.49. The van der Waals surface area contributed by atoms with Gasteiger partial charge in [-0.3, -0.25) is 4.79 Å². The fourth-order valence-electron chi connectivity index (χ4n) is 2.52. The van der Waals surface area contributed by atoms with E-state index in [2.05, 4.69) is 15.2 Å². The molecule has 5 heteroatoms. The van der Waals surface area contributed by atoms with Crippen molar-refractivity contribution >= 4 is 11.7 Å². The van der Waals surface area contributed by atoms with Crippen LogP contribution in [0.1, 0.15) is 26.2 Å². The summed E-state index contributed by atoms with van der Waals surface area (Å²) < 4.78 is 0. The van der Waals surface area contributed by atoms with Crippen molar-refractivity contribution in [3.8, 4) is 0 Å². The van der Waals surface area contributed by atoms with Gasteiger partial charge in [0, 0.05) is 31.2 Å². The number of nitrogens with two attached hydrogens (primary N) is 1. The molecule has 1 aliphatic rings. The number of hydrogen-bond donors (Lipinski definition) is 2. The Balaban J connectivity index is 1.78. The first-order valence-electron chi connectivity index (χ1n) is 7.37. The van der Waals surface area contributed by atoms with E-state index in [4.69, 9.17) is 5.73 Å². The van der Waals surface area contributed by atoms with Gasteiger partial charge in [0.1, 0.15) is 5.82 Å². The highest BCUT2D eigenvalue weighted by molar-refractivity contribution is 5.78. The number of anilines is 1. The maximum Gasteiger partial charge on any atom is 0.223 e. The summed E-state index contributed by atoms with van der Waals surface area (Å²) in [7, 11) is 0. The number of rotatable bonds is 5. The third-order valence-electron chi connectivity index (χ3n) is 3.86. The van der Waals surface area contributed by atoms with E-state index in [9.17, 15) is 4.79 Å². The second-order valence-corrected chi connectivity index (χ2v) is 5.44. The van der Waals surface area contributed by atoms with Gasteiger partial charge in [-0.15, -0.1) is 0 Å². The summed E-state index contributed by atoms with van der Waals surface area (Å²) in [6, 6.07) is 6.24. The van der Waals surface area contributed by atoms with Crippen LogP contribution in [-0.4, -0.2) is 36.6 Å². The summed E-state index contributed by atoms with van der Waals surface area (Å²) in [5, 5.41) is 3.13. The fourth-order valence-corrected chi connectivity index (χ4v) is 2.52. The Morgan fingerprint density at radius 1 is 1.50 bits per heavy atom. The van der Waals surface area contributed by atoms with Gasteiger partial charge in [0.2, 0.25) is 5.91 Å². The lowest BCUT2D eigenvalue weighted by molar-refractivity contribution is -0.125. The smallest absolute Gasteiger partial charge is 0.223 e. The van der Waals surface area contributed by atoms with Gasteiger partial charge in [0.05, 0.1) is 0 Å². The minimum Gasteiger partial charge on any atom is -0.356 e. The van der Waals surface area contributed by atoms with E-state index < -0.39 is 0 Å². The molecule has 20 heavy (non-hydrogen) atoms. The molecule has 0 aromatic carbocycles. The van der Waals surface area contributed by atoms with Crippen molar-refractivity contribution < 1.29 is 4.79 Å². The SMILES string of the molecule is CC(CCN)C(=O)NC1CCN(c2ccccn2)CC1.